The Balaban J connectivity index is 1.93. The van der Waals surface area contributed by atoms with Crippen molar-refractivity contribution in [3.8, 4) is 0 Å². The lowest BCUT2D eigenvalue weighted by atomic mass is 9.71. The number of aromatic nitrogens is 1. The molecular formula is C14H21BrN2O. The number of halogens is 1. The molecule has 1 aromatic heterocycles. The molecular weight excluding hydrogens is 292 g/mol. The van der Waals surface area contributed by atoms with Crippen LogP contribution >= 0.6 is 15.9 Å². The van der Waals surface area contributed by atoms with Crippen LogP contribution in [0.25, 0.3) is 0 Å². The Kier molecular flexibility index (Phi) is 3.97. The van der Waals surface area contributed by atoms with Gasteiger partial charge in [0, 0.05) is 18.9 Å². The molecule has 1 aliphatic rings. The summed E-state index contributed by atoms with van der Waals surface area (Å²) in [6, 6.07) is 1.92. The van der Waals surface area contributed by atoms with Crippen LogP contribution in [0.3, 0.4) is 0 Å². The van der Waals surface area contributed by atoms with E-state index in [1.165, 1.54) is 0 Å². The van der Waals surface area contributed by atoms with Crippen LogP contribution in [-0.4, -0.2) is 22.2 Å². The van der Waals surface area contributed by atoms with E-state index in [2.05, 4.69) is 40.1 Å². The monoisotopic (exact) mass is 312 g/mol. The summed E-state index contributed by atoms with van der Waals surface area (Å²) in [6.07, 6.45) is 7.42. The van der Waals surface area contributed by atoms with Gasteiger partial charge in [-0.3, -0.25) is 4.98 Å². The molecule has 0 aromatic carbocycles. The SMILES string of the molecule is CC1(C)CCC(O)(CNc2ccncc2Br)CC1. The second-order valence-electron chi connectivity index (χ2n) is 6.10. The standard InChI is InChI=1S/C14H21BrN2O/c1-13(2)4-6-14(18,7-5-13)10-17-12-3-8-16-9-11(12)15/h3,8-9,18H,4-7,10H2,1-2H3,(H,16,17). The third-order valence-electron chi connectivity index (χ3n) is 3.91. The normalized spacial score (nSPS) is 21.6. The number of aliphatic hydroxyl groups is 1. The van der Waals surface area contributed by atoms with E-state index < -0.39 is 5.60 Å². The fourth-order valence-electron chi connectivity index (χ4n) is 2.35. The number of rotatable bonds is 3. The molecule has 0 atom stereocenters. The summed E-state index contributed by atoms with van der Waals surface area (Å²) in [4.78, 5) is 4.03. The van der Waals surface area contributed by atoms with Gasteiger partial charge in [-0.15, -0.1) is 0 Å². The van der Waals surface area contributed by atoms with E-state index in [1.807, 2.05) is 6.07 Å². The predicted molar refractivity (Wildman–Crippen MR) is 77.6 cm³/mol. The Morgan fingerprint density at radius 2 is 2.00 bits per heavy atom. The highest BCUT2D eigenvalue weighted by molar-refractivity contribution is 9.10. The molecule has 4 heteroatoms. The van der Waals surface area contributed by atoms with Gasteiger partial charge in [0.05, 0.1) is 15.8 Å². The fraction of sp³-hybridized carbons (Fsp3) is 0.643. The van der Waals surface area contributed by atoms with Crippen molar-refractivity contribution in [2.75, 3.05) is 11.9 Å². The first-order chi connectivity index (χ1) is 8.40. The van der Waals surface area contributed by atoms with Crippen molar-refractivity contribution in [3.05, 3.63) is 22.9 Å². The third-order valence-corrected chi connectivity index (χ3v) is 4.55. The molecule has 2 rings (SSSR count). The van der Waals surface area contributed by atoms with Crippen molar-refractivity contribution in [1.82, 2.24) is 4.98 Å². The molecule has 1 aromatic rings. The highest BCUT2D eigenvalue weighted by Gasteiger charge is 2.36. The van der Waals surface area contributed by atoms with Crippen LogP contribution in [0.2, 0.25) is 0 Å². The molecule has 18 heavy (non-hydrogen) atoms. The van der Waals surface area contributed by atoms with Gasteiger partial charge in [0.1, 0.15) is 0 Å². The van der Waals surface area contributed by atoms with Crippen LogP contribution in [-0.2, 0) is 0 Å². The summed E-state index contributed by atoms with van der Waals surface area (Å²) in [5.74, 6) is 0. The number of hydrogen-bond donors (Lipinski definition) is 2. The summed E-state index contributed by atoms with van der Waals surface area (Å²) in [5, 5.41) is 13.9. The minimum atomic E-state index is -0.571. The van der Waals surface area contributed by atoms with E-state index in [1.54, 1.807) is 12.4 Å². The first-order valence-corrected chi connectivity index (χ1v) is 7.25. The van der Waals surface area contributed by atoms with Crippen molar-refractivity contribution in [2.24, 2.45) is 5.41 Å². The van der Waals surface area contributed by atoms with Gasteiger partial charge in [-0.25, -0.2) is 0 Å². The molecule has 1 aliphatic carbocycles. The predicted octanol–water partition coefficient (Wildman–Crippen LogP) is 3.59. The first kappa shape index (κ1) is 13.8. The average Bonchev–Trinajstić information content (AvgIpc) is 2.33. The molecule has 100 valence electrons. The van der Waals surface area contributed by atoms with Gasteiger partial charge in [0.15, 0.2) is 0 Å². The van der Waals surface area contributed by atoms with Gasteiger partial charge in [-0.1, -0.05) is 13.8 Å². The Morgan fingerprint density at radius 3 is 2.61 bits per heavy atom. The molecule has 0 bridgehead atoms. The number of anilines is 1. The van der Waals surface area contributed by atoms with Crippen molar-refractivity contribution in [3.63, 3.8) is 0 Å². The quantitative estimate of drug-likeness (QED) is 0.896. The summed E-state index contributed by atoms with van der Waals surface area (Å²) in [5.41, 5.74) is 0.796. The van der Waals surface area contributed by atoms with E-state index in [0.29, 0.717) is 12.0 Å². The molecule has 1 fully saturated rings. The second-order valence-corrected chi connectivity index (χ2v) is 6.95. The molecule has 0 aliphatic heterocycles. The number of nitrogens with one attached hydrogen (secondary N) is 1. The van der Waals surface area contributed by atoms with E-state index in [4.69, 9.17) is 0 Å². The minimum absolute atomic E-state index is 0.378. The molecule has 1 heterocycles. The van der Waals surface area contributed by atoms with Crippen LogP contribution in [0.15, 0.2) is 22.9 Å². The number of nitrogens with zero attached hydrogens (tertiary/aromatic N) is 1. The summed E-state index contributed by atoms with van der Waals surface area (Å²) in [7, 11) is 0. The topological polar surface area (TPSA) is 45.1 Å². The Labute approximate surface area is 117 Å². The van der Waals surface area contributed by atoms with Crippen LogP contribution in [0.4, 0.5) is 5.69 Å². The Morgan fingerprint density at radius 1 is 1.33 bits per heavy atom. The minimum Gasteiger partial charge on any atom is -0.388 e. The summed E-state index contributed by atoms with van der Waals surface area (Å²) in [6.45, 7) is 5.16. The zero-order valence-corrected chi connectivity index (χ0v) is 12.6. The van der Waals surface area contributed by atoms with Gasteiger partial charge in [0.25, 0.3) is 0 Å². The zero-order chi connectivity index (χ0) is 13.2. The first-order valence-electron chi connectivity index (χ1n) is 6.46. The lowest BCUT2D eigenvalue weighted by molar-refractivity contribution is -0.0145. The van der Waals surface area contributed by atoms with Gasteiger partial charge in [-0.05, 0) is 53.1 Å². The van der Waals surface area contributed by atoms with Crippen molar-refractivity contribution in [2.45, 2.75) is 45.1 Å². The maximum atomic E-state index is 10.6. The molecule has 0 radical (unpaired) electrons. The van der Waals surface area contributed by atoms with E-state index in [-0.39, 0.29) is 0 Å². The maximum Gasteiger partial charge on any atom is 0.0819 e. The third kappa shape index (κ3) is 3.45. The second kappa shape index (κ2) is 5.17. The van der Waals surface area contributed by atoms with E-state index in [9.17, 15) is 5.11 Å². The lowest BCUT2D eigenvalue weighted by Crippen LogP contribution is -2.42. The fourth-order valence-corrected chi connectivity index (χ4v) is 2.74. The van der Waals surface area contributed by atoms with Crippen LogP contribution < -0.4 is 5.32 Å². The van der Waals surface area contributed by atoms with Gasteiger partial charge < -0.3 is 10.4 Å². The molecule has 0 spiro atoms. The van der Waals surface area contributed by atoms with Crippen molar-refractivity contribution in [1.29, 1.82) is 0 Å². The lowest BCUT2D eigenvalue weighted by Gasteiger charge is -2.40. The van der Waals surface area contributed by atoms with Gasteiger partial charge >= 0.3 is 0 Å². The van der Waals surface area contributed by atoms with Gasteiger partial charge in [0.2, 0.25) is 0 Å². The van der Waals surface area contributed by atoms with Crippen LogP contribution in [0, 0.1) is 5.41 Å². The number of hydrogen-bond acceptors (Lipinski definition) is 3. The maximum absolute atomic E-state index is 10.6. The molecule has 3 nitrogen and oxygen atoms in total. The smallest absolute Gasteiger partial charge is 0.0819 e. The van der Waals surface area contributed by atoms with Crippen molar-refractivity contribution >= 4 is 21.6 Å². The Bertz CT molecular complexity index is 410. The molecule has 0 amide bonds. The summed E-state index contributed by atoms with van der Waals surface area (Å²) < 4.78 is 0.935. The molecule has 2 N–H and O–H groups in total. The van der Waals surface area contributed by atoms with Crippen molar-refractivity contribution < 1.29 is 5.11 Å². The zero-order valence-electron chi connectivity index (χ0n) is 11.0. The molecule has 0 saturated heterocycles. The average molecular weight is 313 g/mol. The van der Waals surface area contributed by atoms with Crippen LogP contribution in [0.5, 0.6) is 0 Å². The van der Waals surface area contributed by atoms with Crippen LogP contribution in [0.1, 0.15) is 39.5 Å². The number of pyridine rings is 1. The van der Waals surface area contributed by atoms with E-state index >= 15 is 0 Å². The largest absolute Gasteiger partial charge is 0.388 e. The Hall–Kier alpha value is -0.610. The highest BCUT2D eigenvalue weighted by atomic mass is 79.9. The molecule has 0 unspecified atom stereocenters. The summed E-state index contributed by atoms with van der Waals surface area (Å²) >= 11 is 3.45. The highest BCUT2D eigenvalue weighted by Crippen LogP contribution is 2.40. The van der Waals surface area contributed by atoms with Gasteiger partial charge in [-0.2, -0.15) is 0 Å². The van der Waals surface area contributed by atoms with E-state index in [0.717, 1.165) is 35.8 Å². The molecule has 1 saturated carbocycles.